The van der Waals surface area contributed by atoms with Crippen LogP contribution in [0.5, 0.6) is 5.75 Å². The van der Waals surface area contributed by atoms with Crippen LogP contribution in [0, 0.1) is 0 Å². The van der Waals surface area contributed by atoms with Crippen LogP contribution in [0.2, 0.25) is 0 Å². The highest BCUT2D eigenvalue weighted by atomic mass is 16.5. The van der Waals surface area contributed by atoms with Crippen LogP contribution in [0.25, 0.3) is 0 Å². The van der Waals surface area contributed by atoms with E-state index in [-0.39, 0.29) is 18.4 Å². The maximum Gasteiger partial charge on any atom is 0.323 e. The number of carbonyl (C=O) groups is 2. The fourth-order valence-electron chi connectivity index (χ4n) is 3.50. The van der Waals surface area contributed by atoms with Crippen LogP contribution in [0.4, 0.5) is 22.0 Å². The molecule has 8 heteroatoms. The molecule has 0 aliphatic carbocycles. The Morgan fingerprint density at radius 2 is 1.78 bits per heavy atom. The van der Waals surface area contributed by atoms with Gasteiger partial charge in [0.05, 0.1) is 27.2 Å². The number of hydrogen-bond acceptors (Lipinski definition) is 6. The Hall–Kier alpha value is -4.07. The lowest BCUT2D eigenvalue weighted by Crippen LogP contribution is -2.38. The van der Waals surface area contributed by atoms with E-state index in [9.17, 15) is 9.59 Å². The second kappa shape index (κ2) is 9.38. The molecule has 32 heavy (non-hydrogen) atoms. The first-order valence-electron chi connectivity index (χ1n) is 10.1. The number of anilines is 3. The van der Waals surface area contributed by atoms with E-state index in [2.05, 4.69) is 15.6 Å². The van der Waals surface area contributed by atoms with Gasteiger partial charge in [0.25, 0.3) is 0 Å². The molecule has 3 aromatic rings. The number of hydrogen-bond donors (Lipinski definition) is 2. The highest BCUT2D eigenvalue weighted by Gasteiger charge is 2.25. The average molecular weight is 432 g/mol. The van der Waals surface area contributed by atoms with Crippen molar-refractivity contribution in [1.82, 2.24) is 9.88 Å². The first kappa shape index (κ1) is 21.2. The topological polar surface area (TPSA) is 92.8 Å². The molecular formula is C24H24N4O4. The van der Waals surface area contributed by atoms with Gasteiger partial charge in [-0.15, -0.1) is 0 Å². The van der Waals surface area contributed by atoms with E-state index < -0.39 is 0 Å². The van der Waals surface area contributed by atoms with E-state index in [1.165, 1.54) is 7.11 Å². The molecule has 164 valence electrons. The van der Waals surface area contributed by atoms with Crippen LogP contribution in [0.1, 0.15) is 16.7 Å². The number of rotatable bonds is 7. The van der Waals surface area contributed by atoms with Crippen LogP contribution < -0.4 is 15.4 Å². The van der Waals surface area contributed by atoms with Crippen molar-refractivity contribution in [2.45, 2.75) is 19.5 Å². The predicted octanol–water partition coefficient (Wildman–Crippen LogP) is 4.10. The fraction of sp³-hybridized carbons (Fsp3) is 0.208. The Kier molecular flexibility index (Phi) is 6.21. The van der Waals surface area contributed by atoms with E-state index in [1.807, 2.05) is 54.6 Å². The molecule has 1 aliphatic heterocycles. The zero-order valence-corrected chi connectivity index (χ0v) is 17.9. The maximum atomic E-state index is 12.6. The second-order valence-corrected chi connectivity index (χ2v) is 7.39. The number of nitrogens with zero attached hydrogens (tertiary/aromatic N) is 2. The lowest BCUT2D eigenvalue weighted by molar-refractivity contribution is -0.139. The fourth-order valence-corrected chi connectivity index (χ4v) is 3.50. The summed E-state index contributed by atoms with van der Waals surface area (Å²) in [6.07, 6.45) is 1.89. The van der Waals surface area contributed by atoms with Gasteiger partial charge in [-0.05, 0) is 41.5 Å². The van der Waals surface area contributed by atoms with Crippen molar-refractivity contribution in [2.75, 3.05) is 24.9 Å². The van der Waals surface area contributed by atoms with Gasteiger partial charge in [-0.3, -0.25) is 10.1 Å². The zero-order chi connectivity index (χ0) is 22.5. The van der Waals surface area contributed by atoms with Crippen molar-refractivity contribution in [3.05, 3.63) is 77.5 Å². The second-order valence-electron chi connectivity index (χ2n) is 7.39. The van der Waals surface area contributed by atoms with Gasteiger partial charge in [0, 0.05) is 29.7 Å². The van der Waals surface area contributed by atoms with Crippen molar-refractivity contribution in [2.24, 2.45) is 0 Å². The van der Waals surface area contributed by atoms with Gasteiger partial charge >= 0.3 is 12.0 Å². The molecule has 1 aliphatic rings. The largest absolute Gasteiger partial charge is 0.497 e. The third-order valence-corrected chi connectivity index (χ3v) is 5.26. The molecule has 0 bridgehead atoms. The standard InChI is InChI=1S/C24H24N4O4/c1-31-19-9-5-17(6-10-19)14-28-15-20-21(11-12-25-23(20)27-24(28)30)26-18-7-3-16(4-8-18)13-22(29)32-2/h3-12H,13-15H2,1-2H3,(H2,25,26,27,30). The predicted molar refractivity (Wildman–Crippen MR) is 121 cm³/mol. The van der Waals surface area contributed by atoms with Crippen LogP contribution in [-0.4, -0.2) is 36.1 Å². The number of benzene rings is 2. The number of pyridine rings is 1. The number of esters is 1. The van der Waals surface area contributed by atoms with E-state index in [4.69, 9.17) is 9.47 Å². The molecule has 0 atom stereocenters. The third kappa shape index (κ3) is 4.80. The van der Waals surface area contributed by atoms with Crippen LogP contribution in [-0.2, 0) is 29.0 Å². The Balaban J connectivity index is 1.50. The highest BCUT2D eigenvalue weighted by molar-refractivity contribution is 5.92. The van der Waals surface area contributed by atoms with Crippen LogP contribution >= 0.6 is 0 Å². The van der Waals surface area contributed by atoms with E-state index in [1.54, 1.807) is 18.2 Å². The monoisotopic (exact) mass is 432 g/mol. The number of urea groups is 1. The van der Waals surface area contributed by atoms with Gasteiger partial charge in [0.1, 0.15) is 11.6 Å². The third-order valence-electron chi connectivity index (χ3n) is 5.26. The molecular weight excluding hydrogens is 408 g/mol. The minimum Gasteiger partial charge on any atom is -0.497 e. The van der Waals surface area contributed by atoms with Crippen molar-refractivity contribution in [3.63, 3.8) is 0 Å². The Bertz CT molecular complexity index is 1110. The average Bonchev–Trinajstić information content (AvgIpc) is 2.81. The number of nitrogens with one attached hydrogen (secondary N) is 2. The molecule has 2 heterocycles. The van der Waals surface area contributed by atoms with Gasteiger partial charge in [0.2, 0.25) is 0 Å². The Labute approximate surface area is 186 Å². The molecule has 2 N–H and O–H groups in total. The van der Waals surface area contributed by atoms with Crippen molar-refractivity contribution < 1.29 is 19.1 Å². The van der Waals surface area contributed by atoms with Crippen molar-refractivity contribution in [1.29, 1.82) is 0 Å². The maximum absolute atomic E-state index is 12.6. The number of methoxy groups -OCH3 is 2. The molecule has 2 amide bonds. The quantitative estimate of drug-likeness (QED) is 0.546. The van der Waals surface area contributed by atoms with Crippen LogP contribution in [0.15, 0.2) is 60.8 Å². The van der Waals surface area contributed by atoms with Crippen molar-refractivity contribution >= 4 is 29.2 Å². The van der Waals surface area contributed by atoms with Gasteiger partial charge in [-0.2, -0.15) is 0 Å². The molecule has 0 radical (unpaired) electrons. The molecule has 0 saturated carbocycles. The summed E-state index contributed by atoms with van der Waals surface area (Å²) in [6.45, 7) is 0.885. The summed E-state index contributed by atoms with van der Waals surface area (Å²) in [7, 11) is 3.00. The van der Waals surface area contributed by atoms with Gasteiger partial charge in [-0.1, -0.05) is 24.3 Å². The summed E-state index contributed by atoms with van der Waals surface area (Å²) in [5.41, 5.74) is 4.50. The summed E-state index contributed by atoms with van der Waals surface area (Å²) in [4.78, 5) is 30.1. The smallest absolute Gasteiger partial charge is 0.323 e. The number of aromatic nitrogens is 1. The molecule has 8 nitrogen and oxygen atoms in total. The van der Waals surface area contributed by atoms with E-state index >= 15 is 0 Å². The normalized spacial score (nSPS) is 12.6. The summed E-state index contributed by atoms with van der Waals surface area (Å²) in [6, 6.07) is 16.9. The molecule has 2 aromatic carbocycles. The van der Waals surface area contributed by atoms with Gasteiger partial charge < -0.3 is 19.7 Å². The minimum absolute atomic E-state index is 0.190. The number of carbonyl (C=O) groups excluding carboxylic acids is 2. The molecule has 4 rings (SSSR count). The van der Waals surface area contributed by atoms with Crippen molar-refractivity contribution in [3.8, 4) is 5.75 Å². The zero-order valence-electron chi connectivity index (χ0n) is 17.9. The highest BCUT2D eigenvalue weighted by Crippen LogP contribution is 2.31. The van der Waals surface area contributed by atoms with Gasteiger partial charge in [0.15, 0.2) is 0 Å². The molecule has 0 fully saturated rings. The summed E-state index contributed by atoms with van der Waals surface area (Å²) in [5.74, 6) is 1.05. The molecule has 0 unspecified atom stereocenters. The van der Waals surface area contributed by atoms with Gasteiger partial charge in [-0.25, -0.2) is 9.78 Å². The minimum atomic E-state index is -0.276. The Morgan fingerprint density at radius 3 is 2.47 bits per heavy atom. The van der Waals surface area contributed by atoms with E-state index in [0.717, 1.165) is 33.8 Å². The summed E-state index contributed by atoms with van der Waals surface area (Å²) in [5, 5.41) is 6.27. The first-order valence-corrected chi connectivity index (χ1v) is 10.1. The van der Waals surface area contributed by atoms with E-state index in [0.29, 0.717) is 18.9 Å². The summed E-state index contributed by atoms with van der Waals surface area (Å²) < 4.78 is 9.91. The Morgan fingerprint density at radius 1 is 1.06 bits per heavy atom. The SMILES string of the molecule is COC(=O)Cc1ccc(Nc2ccnc3c2CN(Cc2ccc(OC)cc2)C(=O)N3)cc1. The number of ether oxygens (including phenoxy) is 2. The number of amides is 2. The first-order chi connectivity index (χ1) is 15.6. The molecule has 1 aromatic heterocycles. The summed E-state index contributed by atoms with van der Waals surface area (Å²) >= 11 is 0. The lowest BCUT2D eigenvalue weighted by atomic mass is 10.1. The molecule has 0 saturated heterocycles. The lowest BCUT2D eigenvalue weighted by Gasteiger charge is -2.30. The number of fused-ring (bicyclic) bond motifs is 1. The molecule has 0 spiro atoms. The van der Waals surface area contributed by atoms with Crippen LogP contribution in [0.3, 0.4) is 0 Å².